The zero-order chi connectivity index (χ0) is 14.3. The van der Waals surface area contributed by atoms with Crippen LogP contribution in [0, 0.1) is 5.92 Å². The third-order valence-corrected chi connectivity index (χ3v) is 4.09. The van der Waals surface area contributed by atoms with Crippen LogP contribution in [-0.4, -0.2) is 42.9 Å². The Labute approximate surface area is 110 Å². The van der Waals surface area contributed by atoms with Gasteiger partial charge in [-0.05, 0) is 18.8 Å². The second-order valence-corrected chi connectivity index (χ2v) is 6.28. The summed E-state index contributed by atoms with van der Waals surface area (Å²) in [6, 6.07) is -1.09. The highest BCUT2D eigenvalue weighted by atomic mass is 32.2. The zero-order valence-corrected chi connectivity index (χ0v) is 12.3. The van der Waals surface area contributed by atoms with Gasteiger partial charge in [-0.25, -0.2) is 0 Å². The molecular formula is C11H24N2O4S. The second-order valence-electron chi connectivity index (χ2n) is 4.58. The van der Waals surface area contributed by atoms with Crippen molar-refractivity contribution in [1.29, 1.82) is 0 Å². The van der Waals surface area contributed by atoms with Gasteiger partial charge in [-0.3, -0.25) is 4.79 Å². The largest absolute Gasteiger partial charge is 0.480 e. The van der Waals surface area contributed by atoms with Crippen molar-refractivity contribution in [3.05, 3.63) is 0 Å². The molecule has 0 aliphatic rings. The first-order valence-electron chi connectivity index (χ1n) is 6.26. The molecule has 0 aromatic rings. The molecule has 6 nitrogen and oxygen atoms in total. The molecule has 0 saturated heterocycles. The van der Waals surface area contributed by atoms with Gasteiger partial charge < -0.3 is 5.11 Å². The van der Waals surface area contributed by atoms with Gasteiger partial charge >= 0.3 is 5.97 Å². The summed E-state index contributed by atoms with van der Waals surface area (Å²) < 4.78 is 27.7. The Morgan fingerprint density at radius 3 is 1.94 bits per heavy atom. The van der Waals surface area contributed by atoms with Gasteiger partial charge in [-0.15, -0.1) is 0 Å². The van der Waals surface area contributed by atoms with Gasteiger partial charge in [0, 0.05) is 13.1 Å². The standard InChI is InChI=1S/C11H24N2O4S/c1-5-7-13(8-6-2)18(16,17)12-10(9(3)4)11(14)15/h9-10,12H,5-8H2,1-4H3,(H,14,15)/t10-/m0/s1. The number of hydrogen-bond acceptors (Lipinski definition) is 3. The Morgan fingerprint density at radius 2 is 1.67 bits per heavy atom. The molecule has 0 fully saturated rings. The Hall–Kier alpha value is -0.660. The fraction of sp³-hybridized carbons (Fsp3) is 0.909. The third kappa shape index (κ3) is 5.32. The van der Waals surface area contributed by atoms with Crippen molar-refractivity contribution in [2.24, 2.45) is 5.92 Å². The maximum absolute atomic E-state index is 12.1. The number of rotatable bonds is 9. The third-order valence-electron chi connectivity index (χ3n) is 2.49. The smallest absolute Gasteiger partial charge is 0.322 e. The minimum Gasteiger partial charge on any atom is -0.480 e. The van der Waals surface area contributed by atoms with Crippen molar-refractivity contribution >= 4 is 16.2 Å². The molecule has 0 aromatic carbocycles. The highest BCUT2D eigenvalue weighted by molar-refractivity contribution is 7.87. The van der Waals surface area contributed by atoms with Crippen LogP contribution in [0.4, 0.5) is 0 Å². The van der Waals surface area contributed by atoms with Crippen LogP contribution in [0.15, 0.2) is 0 Å². The fourth-order valence-electron chi connectivity index (χ4n) is 1.56. The molecule has 18 heavy (non-hydrogen) atoms. The van der Waals surface area contributed by atoms with Crippen LogP contribution < -0.4 is 4.72 Å². The van der Waals surface area contributed by atoms with E-state index in [0.29, 0.717) is 25.9 Å². The summed E-state index contributed by atoms with van der Waals surface area (Å²) in [5, 5.41) is 9.00. The molecule has 108 valence electrons. The van der Waals surface area contributed by atoms with Crippen molar-refractivity contribution in [1.82, 2.24) is 9.03 Å². The van der Waals surface area contributed by atoms with Crippen LogP contribution >= 0.6 is 0 Å². The van der Waals surface area contributed by atoms with Crippen LogP contribution in [0.1, 0.15) is 40.5 Å². The van der Waals surface area contributed by atoms with E-state index in [4.69, 9.17) is 5.11 Å². The summed E-state index contributed by atoms with van der Waals surface area (Å²) in [5.74, 6) is -1.45. The number of carboxylic acid groups (broad SMARTS) is 1. The van der Waals surface area contributed by atoms with Gasteiger partial charge in [0.25, 0.3) is 10.2 Å². The van der Waals surface area contributed by atoms with E-state index in [2.05, 4.69) is 4.72 Å². The Kier molecular flexibility index (Phi) is 7.42. The molecule has 0 aromatic heterocycles. The molecule has 0 radical (unpaired) electrons. The van der Waals surface area contributed by atoms with Crippen LogP contribution in [0.2, 0.25) is 0 Å². The quantitative estimate of drug-likeness (QED) is 0.661. The molecule has 1 atom stereocenters. The molecular weight excluding hydrogens is 256 g/mol. The van der Waals surface area contributed by atoms with Crippen LogP contribution in [0.5, 0.6) is 0 Å². The predicted molar refractivity (Wildman–Crippen MR) is 70.5 cm³/mol. The molecule has 0 spiro atoms. The van der Waals surface area contributed by atoms with Gasteiger partial charge in [0.15, 0.2) is 0 Å². The Balaban J connectivity index is 4.93. The predicted octanol–water partition coefficient (Wildman–Crippen LogP) is 1.05. The lowest BCUT2D eigenvalue weighted by molar-refractivity contribution is -0.140. The van der Waals surface area contributed by atoms with Crippen molar-refractivity contribution in [3.8, 4) is 0 Å². The number of nitrogens with one attached hydrogen (secondary N) is 1. The highest BCUT2D eigenvalue weighted by Gasteiger charge is 2.30. The van der Waals surface area contributed by atoms with E-state index >= 15 is 0 Å². The van der Waals surface area contributed by atoms with Crippen molar-refractivity contribution in [2.45, 2.75) is 46.6 Å². The number of carboxylic acids is 1. The van der Waals surface area contributed by atoms with Crippen molar-refractivity contribution < 1.29 is 18.3 Å². The van der Waals surface area contributed by atoms with Crippen molar-refractivity contribution in [2.75, 3.05) is 13.1 Å². The van der Waals surface area contributed by atoms with E-state index in [-0.39, 0.29) is 5.92 Å². The summed E-state index contributed by atoms with van der Waals surface area (Å²) in [6.07, 6.45) is 1.39. The van der Waals surface area contributed by atoms with Crippen molar-refractivity contribution in [3.63, 3.8) is 0 Å². The van der Waals surface area contributed by atoms with Crippen LogP contribution in [0.3, 0.4) is 0 Å². The molecule has 0 unspecified atom stereocenters. The number of carbonyl (C=O) groups is 1. The minimum absolute atomic E-state index is 0.303. The van der Waals surface area contributed by atoms with Crippen LogP contribution in [0.25, 0.3) is 0 Å². The average Bonchev–Trinajstić information content (AvgIpc) is 2.25. The first-order valence-corrected chi connectivity index (χ1v) is 7.70. The van der Waals surface area contributed by atoms with Gasteiger partial charge in [0.2, 0.25) is 0 Å². The van der Waals surface area contributed by atoms with Gasteiger partial charge in [-0.2, -0.15) is 17.4 Å². The number of nitrogens with zero attached hydrogens (tertiary/aromatic N) is 1. The molecule has 0 saturated carbocycles. The van der Waals surface area contributed by atoms with E-state index in [0.717, 1.165) is 0 Å². The molecule has 2 N–H and O–H groups in total. The number of aliphatic carboxylic acids is 1. The zero-order valence-electron chi connectivity index (χ0n) is 11.5. The molecule has 0 amide bonds. The number of hydrogen-bond donors (Lipinski definition) is 2. The normalized spacial score (nSPS) is 14.1. The van der Waals surface area contributed by atoms with E-state index in [1.54, 1.807) is 13.8 Å². The molecule has 0 rings (SSSR count). The summed E-state index contributed by atoms with van der Waals surface area (Å²) in [4.78, 5) is 11.0. The Bertz CT molecular complexity index is 348. The average molecular weight is 280 g/mol. The molecule has 0 aliphatic carbocycles. The van der Waals surface area contributed by atoms with E-state index in [1.807, 2.05) is 13.8 Å². The van der Waals surface area contributed by atoms with E-state index < -0.39 is 22.2 Å². The SMILES string of the molecule is CCCN(CCC)S(=O)(=O)N[C@H](C(=O)O)C(C)C. The minimum atomic E-state index is -3.73. The summed E-state index contributed by atoms with van der Waals surface area (Å²) in [5.41, 5.74) is 0. The molecule has 0 heterocycles. The molecule has 7 heteroatoms. The van der Waals surface area contributed by atoms with Gasteiger partial charge in [0.1, 0.15) is 6.04 Å². The summed E-state index contributed by atoms with van der Waals surface area (Å²) in [7, 11) is -3.73. The van der Waals surface area contributed by atoms with E-state index in [9.17, 15) is 13.2 Å². The maximum Gasteiger partial charge on any atom is 0.322 e. The highest BCUT2D eigenvalue weighted by Crippen LogP contribution is 2.08. The lowest BCUT2D eigenvalue weighted by Gasteiger charge is -2.25. The topological polar surface area (TPSA) is 86.7 Å². The molecule has 0 aliphatic heterocycles. The maximum atomic E-state index is 12.1. The van der Waals surface area contributed by atoms with Gasteiger partial charge in [-0.1, -0.05) is 27.7 Å². The van der Waals surface area contributed by atoms with Crippen LogP contribution in [-0.2, 0) is 15.0 Å². The summed E-state index contributed by atoms with van der Waals surface area (Å²) in [6.45, 7) is 7.91. The van der Waals surface area contributed by atoms with E-state index in [1.165, 1.54) is 4.31 Å². The lowest BCUT2D eigenvalue weighted by atomic mass is 10.1. The monoisotopic (exact) mass is 280 g/mol. The Morgan fingerprint density at radius 1 is 1.22 bits per heavy atom. The molecule has 0 bridgehead atoms. The fourth-order valence-corrected chi connectivity index (χ4v) is 3.25. The second kappa shape index (κ2) is 7.70. The lowest BCUT2D eigenvalue weighted by Crippen LogP contribution is -2.50. The first kappa shape index (κ1) is 17.3. The van der Waals surface area contributed by atoms with Gasteiger partial charge in [0.05, 0.1) is 0 Å². The summed E-state index contributed by atoms with van der Waals surface area (Å²) >= 11 is 0. The first-order chi connectivity index (χ1) is 8.26.